The molecule has 2 N–H and O–H groups in total. The van der Waals surface area contributed by atoms with E-state index >= 15 is 0 Å². The molecule has 0 saturated carbocycles. The van der Waals surface area contributed by atoms with E-state index in [2.05, 4.69) is 4.40 Å². The second-order valence-electron chi connectivity index (χ2n) is 5.10. The Labute approximate surface area is 118 Å². The Hall–Kier alpha value is -1.44. The van der Waals surface area contributed by atoms with Crippen LogP contribution in [0.15, 0.2) is 33.6 Å². The van der Waals surface area contributed by atoms with E-state index in [0.29, 0.717) is 31.0 Å². The lowest BCUT2D eigenvalue weighted by Crippen LogP contribution is -2.51. The first-order valence-electron chi connectivity index (χ1n) is 6.56. The minimum absolute atomic E-state index is 0.00420. The van der Waals surface area contributed by atoms with Gasteiger partial charge in [0.1, 0.15) is 4.90 Å². The van der Waals surface area contributed by atoms with Gasteiger partial charge in [-0.15, -0.1) is 4.40 Å². The number of ether oxygens (including phenoxy) is 1. The molecule has 0 spiro atoms. The van der Waals surface area contributed by atoms with Crippen LogP contribution in [0.5, 0.6) is 0 Å². The molecule has 7 heteroatoms. The molecule has 1 aromatic carbocycles. The second kappa shape index (κ2) is 4.83. The Balaban J connectivity index is 1.99. The molecule has 1 saturated heterocycles. The minimum atomic E-state index is -3.57. The van der Waals surface area contributed by atoms with E-state index in [9.17, 15) is 8.42 Å². The highest BCUT2D eigenvalue weighted by Gasteiger charge is 2.35. The summed E-state index contributed by atoms with van der Waals surface area (Å²) in [4.78, 5) is 2.23. The largest absolute Gasteiger partial charge is 0.370 e. The van der Waals surface area contributed by atoms with Crippen LogP contribution in [-0.4, -0.2) is 51.0 Å². The van der Waals surface area contributed by atoms with Crippen LogP contribution in [-0.2, 0) is 14.8 Å². The Morgan fingerprint density at radius 3 is 2.90 bits per heavy atom. The fraction of sp³-hybridized carbons (Fsp3) is 0.462. The Bertz CT molecular complexity index is 657. The van der Waals surface area contributed by atoms with Gasteiger partial charge in [0.25, 0.3) is 10.0 Å². The van der Waals surface area contributed by atoms with Gasteiger partial charge in [0.2, 0.25) is 0 Å². The lowest BCUT2D eigenvalue weighted by Gasteiger charge is -2.37. The first-order chi connectivity index (χ1) is 9.51. The number of amidine groups is 1. The van der Waals surface area contributed by atoms with Crippen molar-refractivity contribution in [3.8, 4) is 0 Å². The zero-order valence-electron chi connectivity index (χ0n) is 11.2. The van der Waals surface area contributed by atoms with Crippen LogP contribution in [0, 0.1) is 0 Å². The van der Waals surface area contributed by atoms with Gasteiger partial charge in [-0.3, -0.25) is 0 Å². The number of rotatable bonds is 1. The third kappa shape index (κ3) is 2.21. The van der Waals surface area contributed by atoms with Crippen molar-refractivity contribution in [1.82, 2.24) is 4.90 Å². The lowest BCUT2D eigenvalue weighted by molar-refractivity contribution is -0.0523. The van der Waals surface area contributed by atoms with Gasteiger partial charge >= 0.3 is 0 Å². The predicted octanol–water partition coefficient (Wildman–Crippen LogP) is 0.184. The van der Waals surface area contributed by atoms with Crippen LogP contribution in [0.1, 0.15) is 12.5 Å². The van der Waals surface area contributed by atoms with E-state index in [1.807, 2.05) is 17.9 Å². The van der Waals surface area contributed by atoms with Crippen molar-refractivity contribution in [3.05, 3.63) is 29.8 Å². The SMILES string of the molecule is CC1CN(C2=NS(=O)(=O)c3ccccc32)CC(CN)O1. The van der Waals surface area contributed by atoms with Crippen LogP contribution in [0.25, 0.3) is 0 Å². The van der Waals surface area contributed by atoms with Crippen molar-refractivity contribution in [2.24, 2.45) is 10.1 Å². The first-order valence-corrected chi connectivity index (χ1v) is 8.00. The average Bonchev–Trinajstić information content (AvgIpc) is 2.71. The summed E-state index contributed by atoms with van der Waals surface area (Å²) in [6, 6.07) is 6.90. The predicted molar refractivity (Wildman–Crippen MR) is 75.1 cm³/mol. The number of hydrogen-bond donors (Lipinski definition) is 1. The number of fused-ring (bicyclic) bond motifs is 1. The van der Waals surface area contributed by atoms with Gasteiger partial charge in [-0.2, -0.15) is 8.42 Å². The zero-order chi connectivity index (χ0) is 14.3. The highest BCUT2D eigenvalue weighted by Crippen LogP contribution is 2.28. The minimum Gasteiger partial charge on any atom is -0.370 e. The number of nitrogens with zero attached hydrogens (tertiary/aromatic N) is 2. The third-order valence-corrected chi connectivity index (χ3v) is 4.83. The van der Waals surface area contributed by atoms with Gasteiger partial charge < -0.3 is 15.4 Å². The maximum Gasteiger partial charge on any atom is 0.285 e. The van der Waals surface area contributed by atoms with Gasteiger partial charge in [-0.25, -0.2) is 0 Å². The summed E-state index contributed by atoms with van der Waals surface area (Å²) >= 11 is 0. The molecule has 0 aromatic heterocycles. The molecule has 3 rings (SSSR count). The normalized spacial score (nSPS) is 28.1. The number of morpholine rings is 1. The van der Waals surface area contributed by atoms with E-state index in [0.717, 1.165) is 0 Å². The summed E-state index contributed by atoms with van der Waals surface area (Å²) in [5.41, 5.74) is 6.33. The summed E-state index contributed by atoms with van der Waals surface area (Å²) in [6.45, 7) is 3.52. The molecule has 0 amide bonds. The molecule has 108 valence electrons. The van der Waals surface area contributed by atoms with Crippen molar-refractivity contribution >= 4 is 15.9 Å². The van der Waals surface area contributed by atoms with Crippen molar-refractivity contribution in [2.75, 3.05) is 19.6 Å². The highest BCUT2D eigenvalue weighted by atomic mass is 32.2. The summed E-state index contributed by atoms with van der Waals surface area (Å²) in [7, 11) is -3.57. The molecule has 0 radical (unpaired) electrons. The topological polar surface area (TPSA) is 85.0 Å². The molecule has 2 aliphatic heterocycles. The van der Waals surface area contributed by atoms with Crippen LogP contribution in [0.2, 0.25) is 0 Å². The van der Waals surface area contributed by atoms with Crippen LogP contribution in [0.3, 0.4) is 0 Å². The smallest absolute Gasteiger partial charge is 0.285 e. The molecular weight excluding hydrogens is 278 g/mol. The third-order valence-electron chi connectivity index (χ3n) is 3.50. The fourth-order valence-corrected chi connectivity index (χ4v) is 3.89. The van der Waals surface area contributed by atoms with Gasteiger partial charge in [0, 0.05) is 25.2 Å². The van der Waals surface area contributed by atoms with Crippen molar-refractivity contribution in [1.29, 1.82) is 0 Å². The summed E-state index contributed by atoms with van der Waals surface area (Å²) in [6.07, 6.45) is -0.104. The van der Waals surface area contributed by atoms with Crippen LogP contribution >= 0.6 is 0 Å². The molecule has 1 fully saturated rings. The van der Waals surface area contributed by atoms with Crippen LogP contribution < -0.4 is 5.73 Å². The first kappa shape index (κ1) is 13.5. The van der Waals surface area contributed by atoms with Gasteiger partial charge in [0.15, 0.2) is 5.84 Å². The molecule has 0 aliphatic carbocycles. The standard InChI is InChI=1S/C13H17N3O3S/c1-9-7-16(8-10(6-14)19-9)13-11-4-2-3-5-12(11)20(17,18)15-13/h2-5,9-10H,6-8,14H2,1H3. The summed E-state index contributed by atoms with van der Waals surface area (Å²) < 4.78 is 33.8. The molecule has 2 aliphatic rings. The van der Waals surface area contributed by atoms with E-state index in [-0.39, 0.29) is 17.1 Å². The monoisotopic (exact) mass is 295 g/mol. The highest BCUT2D eigenvalue weighted by molar-refractivity contribution is 7.90. The maximum absolute atomic E-state index is 12.1. The molecule has 2 unspecified atom stereocenters. The lowest BCUT2D eigenvalue weighted by atomic mass is 10.1. The number of benzene rings is 1. The number of hydrogen-bond acceptors (Lipinski definition) is 5. The van der Waals surface area contributed by atoms with Crippen molar-refractivity contribution < 1.29 is 13.2 Å². The van der Waals surface area contributed by atoms with E-state index in [1.165, 1.54) is 0 Å². The molecule has 2 heterocycles. The van der Waals surface area contributed by atoms with E-state index < -0.39 is 10.0 Å². The average molecular weight is 295 g/mol. The van der Waals surface area contributed by atoms with E-state index in [4.69, 9.17) is 10.5 Å². The summed E-state index contributed by atoms with van der Waals surface area (Å²) in [5, 5.41) is 0. The Kier molecular flexibility index (Phi) is 3.27. The quantitative estimate of drug-likeness (QED) is 0.799. The second-order valence-corrected chi connectivity index (χ2v) is 6.67. The Morgan fingerprint density at radius 2 is 2.15 bits per heavy atom. The molecule has 2 atom stereocenters. The zero-order valence-corrected chi connectivity index (χ0v) is 12.0. The van der Waals surface area contributed by atoms with Crippen molar-refractivity contribution in [3.63, 3.8) is 0 Å². The molecular formula is C13H17N3O3S. The fourth-order valence-electron chi connectivity index (χ4n) is 2.66. The van der Waals surface area contributed by atoms with E-state index in [1.54, 1.807) is 18.2 Å². The van der Waals surface area contributed by atoms with Gasteiger partial charge in [0.05, 0.1) is 12.2 Å². The summed E-state index contributed by atoms with van der Waals surface area (Å²) in [5.74, 6) is 0.509. The molecule has 6 nitrogen and oxygen atoms in total. The molecule has 20 heavy (non-hydrogen) atoms. The molecule has 0 bridgehead atoms. The maximum atomic E-state index is 12.1. The number of nitrogens with two attached hydrogens (primary N) is 1. The molecule has 1 aromatic rings. The number of sulfonamides is 1. The Morgan fingerprint density at radius 1 is 1.40 bits per heavy atom. The van der Waals surface area contributed by atoms with Crippen molar-refractivity contribution in [2.45, 2.75) is 24.0 Å². The van der Waals surface area contributed by atoms with Gasteiger partial charge in [-0.1, -0.05) is 12.1 Å². The van der Waals surface area contributed by atoms with Gasteiger partial charge in [-0.05, 0) is 19.1 Å². The van der Waals surface area contributed by atoms with Crippen LogP contribution in [0.4, 0.5) is 0 Å².